The van der Waals surface area contributed by atoms with Gasteiger partial charge in [-0.05, 0) is 48.1 Å². The average Bonchev–Trinajstić information content (AvgIpc) is 2.74. The molecule has 0 N–H and O–H groups in total. The van der Waals surface area contributed by atoms with E-state index in [1.165, 1.54) is 16.7 Å². The molecule has 0 radical (unpaired) electrons. The van der Waals surface area contributed by atoms with E-state index < -0.39 is 0 Å². The number of hydrogen-bond acceptors (Lipinski definition) is 2. The highest BCUT2D eigenvalue weighted by atomic mass is 16.7. The van der Waals surface area contributed by atoms with Crippen molar-refractivity contribution < 1.29 is 9.47 Å². The number of hydrogen-bond donors (Lipinski definition) is 0. The van der Waals surface area contributed by atoms with Gasteiger partial charge in [0.2, 0.25) is 0 Å². The lowest BCUT2D eigenvalue weighted by molar-refractivity contribution is -0.0424. The van der Waals surface area contributed by atoms with Crippen LogP contribution in [-0.4, -0.2) is 12.9 Å². The second-order valence-electron chi connectivity index (χ2n) is 6.75. The van der Waals surface area contributed by atoms with Crippen LogP contribution in [0.25, 0.3) is 11.1 Å². The zero-order chi connectivity index (χ0) is 18.7. The van der Waals surface area contributed by atoms with E-state index in [2.05, 4.69) is 73.7 Å². The van der Waals surface area contributed by atoms with Gasteiger partial charge in [0.1, 0.15) is 5.75 Å². The molecule has 0 fully saturated rings. The maximum atomic E-state index is 6.00. The Kier molecular flexibility index (Phi) is 7.49. The number of ether oxygens (including phenoxy) is 2. The fourth-order valence-corrected chi connectivity index (χ4v) is 3.18. The van der Waals surface area contributed by atoms with Gasteiger partial charge in [-0.25, -0.2) is 0 Å². The first-order valence-electron chi connectivity index (χ1n) is 9.79. The van der Waals surface area contributed by atoms with Gasteiger partial charge in [-0.1, -0.05) is 86.1 Å². The predicted molar refractivity (Wildman–Crippen MR) is 112 cm³/mol. The van der Waals surface area contributed by atoms with E-state index in [0.717, 1.165) is 31.4 Å². The highest BCUT2D eigenvalue weighted by molar-refractivity contribution is 5.63. The van der Waals surface area contributed by atoms with Crippen LogP contribution >= 0.6 is 0 Å². The third-order valence-electron chi connectivity index (χ3n) is 4.70. The van der Waals surface area contributed by atoms with E-state index in [1.54, 1.807) is 0 Å². The van der Waals surface area contributed by atoms with Crippen molar-refractivity contribution in [2.75, 3.05) is 6.79 Å². The normalized spacial score (nSPS) is 11.9. The topological polar surface area (TPSA) is 18.5 Å². The van der Waals surface area contributed by atoms with Gasteiger partial charge in [-0.3, -0.25) is 0 Å². The summed E-state index contributed by atoms with van der Waals surface area (Å²) in [6.07, 6.45) is 4.47. The van der Waals surface area contributed by atoms with Crippen LogP contribution < -0.4 is 4.74 Å². The van der Waals surface area contributed by atoms with E-state index in [4.69, 9.17) is 9.47 Å². The smallest absolute Gasteiger partial charge is 0.189 e. The van der Waals surface area contributed by atoms with Gasteiger partial charge in [0.25, 0.3) is 0 Å². The van der Waals surface area contributed by atoms with Crippen molar-refractivity contribution in [3.63, 3.8) is 0 Å². The molecule has 27 heavy (non-hydrogen) atoms. The summed E-state index contributed by atoms with van der Waals surface area (Å²) in [5.41, 5.74) is 3.76. The summed E-state index contributed by atoms with van der Waals surface area (Å²) in [6, 6.07) is 29.1. The summed E-state index contributed by atoms with van der Waals surface area (Å²) in [5.74, 6) is 0.841. The molecule has 0 aliphatic carbocycles. The van der Waals surface area contributed by atoms with Crippen LogP contribution in [-0.2, 0) is 11.2 Å². The second-order valence-corrected chi connectivity index (χ2v) is 6.75. The first-order valence-corrected chi connectivity index (χ1v) is 9.79. The molecule has 1 atom stereocenters. The third-order valence-corrected chi connectivity index (χ3v) is 4.70. The van der Waals surface area contributed by atoms with Gasteiger partial charge in [0, 0.05) is 0 Å². The van der Waals surface area contributed by atoms with Crippen molar-refractivity contribution >= 4 is 0 Å². The highest BCUT2D eigenvalue weighted by Crippen LogP contribution is 2.22. The molecule has 0 amide bonds. The van der Waals surface area contributed by atoms with Crippen LogP contribution in [0.4, 0.5) is 0 Å². The van der Waals surface area contributed by atoms with E-state index in [0.29, 0.717) is 6.79 Å². The molecule has 3 aromatic rings. The molecule has 0 aliphatic rings. The minimum absolute atomic E-state index is 0.235. The molecule has 0 bridgehead atoms. The van der Waals surface area contributed by atoms with Crippen LogP contribution in [0.1, 0.15) is 31.7 Å². The number of aryl methyl sites for hydroxylation is 1. The van der Waals surface area contributed by atoms with E-state index in [9.17, 15) is 0 Å². The maximum Gasteiger partial charge on any atom is 0.189 e. The van der Waals surface area contributed by atoms with E-state index >= 15 is 0 Å². The third kappa shape index (κ3) is 6.26. The van der Waals surface area contributed by atoms with Gasteiger partial charge < -0.3 is 9.47 Å². The Bertz CT molecular complexity index is 766. The Balaban J connectivity index is 1.46. The Labute approximate surface area is 162 Å². The second kappa shape index (κ2) is 10.5. The minimum Gasteiger partial charge on any atom is -0.468 e. The van der Waals surface area contributed by atoms with Crippen molar-refractivity contribution in [2.45, 2.75) is 38.7 Å². The quantitative estimate of drug-likeness (QED) is 0.384. The lowest BCUT2D eigenvalue weighted by Crippen LogP contribution is -2.17. The standard InChI is InChI=1S/C25H28O2/c1-2-9-24(17-14-21-10-5-3-6-11-21)26-20-27-25-18-15-23(16-19-25)22-12-7-4-8-13-22/h3-8,10-13,15-16,18-19,24H,2,9,14,17,20H2,1H3. The summed E-state index contributed by atoms with van der Waals surface area (Å²) in [7, 11) is 0. The molecule has 0 aliphatic heterocycles. The fraction of sp³-hybridized carbons (Fsp3) is 0.280. The monoisotopic (exact) mass is 360 g/mol. The van der Waals surface area contributed by atoms with Crippen molar-refractivity contribution in [3.8, 4) is 16.9 Å². The minimum atomic E-state index is 0.235. The molecule has 1 unspecified atom stereocenters. The van der Waals surface area contributed by atoms with Crippen molar-refractivity contribution in [1.29, 1.82) is 0 Å². The number of rotatable bonds is 10. The maximum absolute atomic E-state index is 6.00. The Morgan fingerprint density at radius 2 is 1.33 bits per heavy atom. The molecule has 140 valence electrons. The van der Waals surface area contributed by atoms with Crippen LogP contribution in [0.2, 0.25) is 0 Å². The van der Waals surface area contributed by atoms with Crippen LogP contribution in [0.3, 0.4) is 0 Å². The van der Waals surface area contributed by atoms with Gasteiger partial charge >= 0.3 is 0 Å². The lowest BCUT2D eigenvalue weighted by atomic mass is 10.0. The molecule has 0 aromatic heterocycles. The number of benzene rings is 3. The Morgan fingerprint density at radius 3 is 2.00 bits per heavy atom. The average molecular weight is 360 g/mol. The molecular weight excluding hydrogens is 332 g/mol. The molecule has 2 nitrogen and oxygen atoms in total. The van der Waals surface area contributed by atoms with Gasteiger partial charge in [0.15, 0.2) is 6.79 Å². The zero-order valence-electron chi connectivity index (χ0n) is 16.0. The summed E-state index contributed by atoms with van der Waals surface area (Å²) >= 11 is 0. The first kappa shape index (κ1) is 19.2. The molecule has 0 saturated heterocycles. The molecule has 3 rings (SSSR count). The molecule has 2 heteroatoms. The first-order chi connectivity index (χ1) is 13.3. The van der Waals surface area contributed by atoms with Gasteiger partial charge in [-0.2, -0.15) is 0 Å². The molecule has 0 spiro atoms. The largest absolute Gasteiger partial charge is 0.468 e. The molecule has 0 saturated carbocycles. The summed E-state index contributed by atoms with van der Waals surface area (Å²) in [4.78, 5) is 0. The van der Waals surface area contributed by atoms with E-state index in [1.807, 2.05) is 18.2 Å². The van der Waals surface area contributed by atoms with E-state index in [-0.39, 0.29) is 6.10 Å². The van der Waals surface area contributed by atoms with Crippen molar-refractivity contribution in [1.82, 2.24) is 0 Å². The highest BCUT2D eigenvalue weighted by Gasteiger charge is 2.09. The zero-order valence-corrected chi connectivity index (χ0v) is 16.0. The van der Waals surface area contributed by atoms with Crippen LogP contribution in [0, 0.1) is 0 Å². The molecule has 0 heterocycles. The van der Waals surface area contributed by atoms with Crippen LogP contribution in [0.5, 0.6) is 5.75 Å². The molecule has 3 aromatic carbocycles. The SMILES string of the molecule is CCCC(CCc1ccccc1)OCOc1ccc(-c2ccccc2)cc1. The summed E-state index contributed by atoms with van der Waals surface area (Å²) < 4.78 is 11.8. The summed E-state index contributed by atoms with van der Waals surface area (Å²) in [5, 5.41) is 0. The van der Waals surface area contributed by atoms with Crippen molar-refractivity contribution in [2.24, 2.45) is 0 Å². The lowest BCUT2D eigenvalue weighted by Gasteiger charge is -2.18. The van der Waals surface area contributed by atoms with Gasteiger partial charge in [0.05, 0.1) is 6.10 Å². The summed E-state index contributed by atoms with van der Waals surface area (Å²) in [6.45, 7) is 2.49. The van der Waals surface area contributed by atoms with Crippen molar-refractivity contribution in [3.05, 3.63) is 90.5 Å². The van der Waals surface area contributed by atoms with Crippen LogP contribution in [0.15, 0.2) is 84.9 Å². The Morgan fingerprint density at radius 1 is 0.704 bits per heavy atom. The van der Waals surface area contributed by atoms with Gasteiger partial charge in [-0.15, -0.1) is 0 Å². The fourth-order valence-electron chi connectivity index (χ4n) is 3.18. The molecular formula is C25H28O2. The predicted octanol–water partition coefficient (Wildman–Crippen LogP) is 6.51. The Hall–Kier alpha value is -2.58.